The lowest BCUT2D eigenvalue weighted by Crippen LogP contribution is -2.72. The first kappa shape index (κ1) is 11.9. The second-order valence-electron chi connectivity index (χ2n) is 7.23. The summed E-state index contributed by atoms with van der Waals surface area (Å²) in [6.07, 6.45) is 4.09. The summed E-state index contributed by atoms with van der Waals surface area (Å²) in [6, 6.07) is 0. The number of hydrogen-bond donors (Lipinski definition) is 3. The van der Waals surface area contributed by atoms with Crippen LogP contribution in [0.4, 0.5) is 0 Å². The summed E-state index contributed by atoms with van der Waals surface area (Å²) in [7, 11) is 0. The van der Waals surface area contributed by atoms with Crippen LogP contribution in [-0.4, -0.2) is 33.1 Å². The van der Waals surface area contributed by atoms with Crippen molar-refractivity contribution in [2.45, 2.75) is 57.2 Å². The number of rotatable bonds is 2. The Morgan fingerprint density at radius 1 is 1.18 bits per heavy atom. The van der Waals surface area contributed by atoms with Crippen molar-refractivity contribution < 1.29 is 15.3 Å². The van der Waals surface area contributed by atoms with Crippen molar-refractivity contribution in [1.29, 1.82) is 0 Å². The molecule has 0 saturated heterocycles. The highest BCUT2D eigenvalue weighted by Crippen LogP contribution is 2.67. The molecule has 0 heterocycles. The Bertz CT molecular complexity index is 342. The van der Waals surface area contributed by atoms with Crippen molar-refractivity contribution in [3.8, 4) is 0 Å². The van der Waals surface area contributed by atoms with E-state index in [9.17, 15) is 15.3 Å². The molecule has 98 valence electrons. The molecular weight excluding hydrogens is 216 g/mol. The third-order valence-electron chi connectivity index (χ3n) is 5.91. The average molecular weight is 240 g/mol. The van der Waals surface area contributed by atoms with Crippen molar-refractivity contribution >= 4 is 0 Å². The van der Waals surface area contributed by atoms with Gasteiger partial charge in [-0.3, -0.25) is 0 Å². The zero-order chi connectivity index (χ0) is 12.5. The van der Waals surface area contributed by atoms with Crippen LogP contribution in [0, 0.1) is 23.2 Å². The molecule has 0 aliphatic heterocycles. The Kier molecular flexibility index (Phi) is 2.28. The van der Waals surface area contributed by atoms with Gasteiger partial charge in [-0.1, -0.05) is 13.8 Å². The second kappa shape index (κ2) is 3.25. The van der Waals surface area contributed by atoms with Crippen LogP contribution in [0.15, 0.2) is 0 Å². The van der Waals surface area contributed by atoms with Crippen LogP contribution in [0.25, 0.3) is 0 Å². The van der Waals surface area contributed by atoms with E-state index in [1.807, 2.05) is 13.8 Å². The first-order valence-corrected chi connectivity index (χ1v) is 6.91. The van der Waals surface area contributed by atoms with E-state index < -0.39 is 16.6 Å². The van der Waals surface area contributed by atoms with Crippen LogP contribution < -0.4 is 0 Å². The molecule has 3 nitrogen and oxygen atoms in total. The SMILES string of the molecule is CC(C)C1(O)C2CC3CC(O)(C2)CC1(CO)C3. The molecule has 0 aromatic carbocycles. The van der Waals surface area contributed by atoms with Crippen molar-refractivity contribution in [3.63, 3.8) is 0 Å². The predicted molar refractivity (Wildman–Crippen MR) is 64.3 cm³/mol. The van der Waals surface area contributed by atoms with Gasteiger partial charge in [-0.15, -0.1) is 0 Å². The average Bonchev–Trinajstić information content (AvgIpc) is 2.23. The molecule has 0 amide bonds. The first-order valence-electron chi connectivity index (χ1n) is 6.91. The van der Waals surface area contributed by atoms with E-state index in [4.69, 9.17) is 0 Å². The summed E-state index contributed by atoms with van der Waals surface area (Å²) in [4.78, 5) is 0. The number of hydrogen-bond acceptors (Lipinski definition) is 3. The molecule has 4 saturated carbocycles. The quantitative estimate of drug-likeness (QED) is 0.682. The topological polar surface area (TPSA) is 60.7 Å². The number of aliphatic hydroxyl groups is 3. The summed E-state index contributed by atoms with van der Waals surface area (Å²) in [6.45, 7) is 4.10. The summed E-state index contributed by atoms with van der Waals surface area (Å²) in [5, 5.41) is 31.6. The van der Waals surface area contributed by atoms with Crippen molar-refractivity contribution in [1.82, 2.24) is 0 Å². The highest BCUT2D eigenvalue weighted by atomic mass is 16.3. The fourth-order valence-electron chi connectivity index (χ4n) is 5.61. The molecule has 0 radical (unpaired) electrons. The van der Waals surface area contributed by atoms with Gasteiger partial charge in [-0.25, -0.2) is 0 Å². The normalized spacial score (nSPS) is 56.8. The van der Waals surface area contributed by atoms with Crippen LogP contribution in [0.1, 0.15) is 46.0 Å². The van der Waals surface area contributed by atoms with Crippen LogP contribution in [0.2, 0.25) is 0 Å². The lowest BCUT2D eigenvalue weighted by atomic mass is 9.40. The molecule has 4 aliphatic rings. The zero-order valence-corrected chi connectivity index (χ0v) is 10.8. The lowest BCUT2D eigenvalue weighted by molar-refractivity contribution is -0.296. The Morgan fingerprint density at radius 3 is 2.41 bits per heavy atom. The smallest absolute Gasteiger partial charge is 0.0778 e. The van der Waals surface area contributed by atoms with Crippen molar-refractivity contribution in [2.75, 3.05) is 6.61 Å². The van der Waals surface area contributed by atoms with E-state index in [1.165, 1.54) is 0 Å². The Hall–Kier alpha value is -0.120. The van der Waals surface area contributed by atoms with Gasteiger partial charge < -0.3 is 15.3 Å². The molecule has 3 heteroatoms. The monoisotopic (exact) mass is 240 g/mol. The van der Waals surface area contributed by atoms with Gasteiger partial charge in [-0.2, -0.15) is 0 Å². The molecule has 4 aliphatic carbocycles. The van der Waals surface area contributed by atoms with E-state index in [1.54, 1.807) is 0 Å². The molecule has 5 unspecified atom stereocenters. The van der Waals surface area contributed by atoms with Gasteiger partial charge in [0.1, 0.15) is 0 Å². The third-order valence-corrected chi connectivity index (χ3v) is 5.91. The molecule has 17 heavy (non-hydrogen) atoms. The van der Waals surface area contributed by atoms with Gasteiger partial charge in [0, 0.05) is 5.41 Å². The highest BCUT2D eigenvalue weighted by Gasteiger charge is 2.69. The maximum Gasteiger partial charge on any atom is 0.0778 e. The van der Waals surface area contributed by atoms with E-state index in [2.05, 4.69) is 0 Å². The first-order chi connectivity index (χ1) is 7.85. The Labute approximate surface area is 103 Å². The van der Waals surface area contributed by atoms with Gasteiger partial charge in [0.2, 0.25) is 0 Å². The summed E-state index contributed by atoms with van der Waals surface area (Å²) >= 11 is 0. The molecule has 5 atom stereocenters. The molecule has 4 fully saturated rings. The van der Waals surface area contributed by atoms with Gasteiger partial charge in [0.25, 0.3) is 0 Å². The maximum absolute atomic E-state index is 11.2. The Balaban J connectivity index is 2.08. The summed E-state index contributed by atoms with van der Waals surface area (Å²) < 4.78 is 0. The van der Waals surface area contributed by atoms with Gasteiger partial charge in [0.05, 0.1) is 17.8 Å². The third kappa shape index (κ3) is 1.28. The van der Waals surface area contributed by atoms with Crippen molar-refractivity contribution in [3.05, 3.63) is 0 Å². The summed E-state index contributed by atoms with van der Waals surface area (Å²) in [5.74, 6) is 0.808. The maximum atomic E-state index is 11.2. The molecule has 0 aromatic heterocycles. The van der Waals surface area contributed by atoms with E-state index in [0.29, 0.717) is 12.3 Å². The van der Waals surface area contributed by atoms with Gasteiger partial charge >= 0.3 is 0 Å². The Morgan fingerprint density at radius 2 is 1.88 bits per heavy atom. The van der Waals surface area contributed by atoms with Gasteiger partial charge in [-0.05, 0) is 49.9 Å². The predicted octanol–water partition coefficient (Wildman–Crippen LogP) is 1.31. The van der Waals surface area contributed by atoms with Crippen LogP contribution >= 0.6 is 0 Å². The number of aliphatic hydroxyl groups excluding tert-OH is 1. The minimum atomic E-state index is -0.787. The zero-order valence-electron chi connectivity index (χ0n) is 10.8. The van der Waals surface area contributed by atoms with E-state index >= 15 is 0 Å². The summed E-state index contributed by atoms with van der Waals surface area (Å²) in [5.41, 5.74) is -1.86. The fraction of sp³-hybridized carbons (Fsp3) is 1.00. The van der Waals surface area contributed by atoms with Crippen molar-refractivity contribution in [2.24, 2.45) is 23.2 Å². The fourth-order valence-corrected chi connectivity index (χ4v) is 5.61. The van der Waals surface area contributed by atoms with E-state index in [0.717, 1.165) is 25.7 Å². The van der Waals surface area contributed by atoms with Crippen LogP contribution in [0.3, 0.4) is 0 Å². The van der Waals surface area contributed by atoms with Crippen LogP contribution in [-0.2, 0) is 0 Å². The van der Waals surface area contributed by atoms with Gasteiger partial charge in [0.15, 0.2) is 0 Å². The highest BCUT2D eigenvalue weighted by molar-refractivity contribution is 5.19. The molecule has 0 spiro atoms. The molecule has 0 aromatic rings. The van der Waals surface area contributed by atoms with Crippen LogP contribution in [0.5, 0.6) is 0 Å². The molecule has 4 bridgehead atoms. The molecular formula is C14H24O3. The van der Waals surface area contributed by atoms with E-state index in [-0.39, 0.29) is 18.4 Å². The largest absolute Gasteiger partial charge is 0.396 e. The molecule has 4 rings (SSSR count). The standard InChI is InChI=1S/C14H24O3/c1-9(2)14(17)11-3-10-4-12(14,8-15)7-13(16,5-10)6-11/h9-11,15-17H,3-8H2,1-2H3. The minimum absolute atomic E-state index is 0.0109. The lowest BCUT2D eigenvalue weighted by Gasteiger charge is -2.68. The minimum Gasteiger partial charge on any atom is -0.396 e. The second-order valence-corrected chi connectivity index (χ2v) is 7.23. The molecule has 3 N–H and O–H groups in total.